The first-order valence-electron chi connectivity index (χ1n) is 11.0. The Kier molecular flexibility index (Phi) is 5.72. The van der Waals surface area contributed by atoms with Crippen LogP contribution in [-0.4, -0.2) is 45.5 Å². The number of amides is 1. The van der Waals surface area contributed by atoms with E-state index >= 15 is 0 Å². The van der Waals surface area contributed by atoms with E-state index in [-0.39, 0.29) is 16.5 Å². The summed E-state index contributed by atoms with van der Waals surface area (Å²) in [4.78, 5) is 30.2. The van der Waals surface area contributed by atoms with Crippen LogP contribution >= 0.6 is 23.2 Å². The third-order valence-corrected chi connectivity index (χ3v) is 7.49. The molecule has 3 aromatic rings. The van der Waals surface area contributed by atoms with E-state index < -0.39 is 5.54 Å². The predicted molar refractivity (Wildman–Crippen MR) is 130 cm³/mol. The van der Waals surface area contributed by atoms with Crippen LogP contribution in [-0.2, 0) is 18.4 Å². The van der Waals surface area contributed by atoms with Gasteiger partial charge >= 0.3 is 0 Å². The highest BCUT2D eigenvalue weighted by molar-refractivity contribution is 6.31. The lowest BCUT2D eigenvalue weighted by atomic mass is 9.85. The van der Waals surface area contributed by atoms with Gasteiger partial charge in [-0.3, -0.25) is 19.2 Å². The van der Waals surface area contributed by atoms with E-state index in [1.165, 1.54) is 0 Å². The molecular weight excluding hydrogens is 461 g/mol. The quantitative estimate of drug-likeness (QED) is 0.614. The lowest BCUT2D eigenvalue weighted by molar-refractivity contribution is -0.125. The van der Waals surface area contributed by atoms with Crippen molar-refractivity contribution in [2.75, 3.05) is 24.7 Å². The number of aromatic nitrogens is 2. The summed E-state index contributed by atoms with van der Waals surface area (Å²) in [6.07, 6.45) is 1.41. The van der Waals surface area contributed by atoms with Gasteiger partial charge in [0.1, 0.15) is 10.6 Å². The number of carbonyl (C=O) groups is 1. The van der Waals surface area contributed by atoms with Crippen LogP contribution < -0.4 is 15.8 Å². The van der Waals surface area contributed by atoms with Crippen molar-refractivity contribution in [1.82, 2.24) is 19.6 Å². The zero-order valence-electron chi connectivity index (χ0n) is 18.3. The average molecular weight is 486 g/mol. The minimum atomic E-state index is -0.539. The van der Waals surface area contributed by atoms with Gasteiger partial charge in [-0.25, -0.2) is 4.68 Å². The molecule has 7 nitrogen and oxygen atoms in total. The Bertz CT molecular complexity index is 1230. The fourth-order valence-corrected chi connectivity index (χ4v) is 5.37. The third kappa shape index (κ3) is 3.74. The van der Waals surface area contributed by atoms with Gasteiger partial charge in [0, 0.05) is 37.4 Å². The number of hydrogen-bond acceptors (Lipinski definition) is 4. The Hall–Kier alpha value is -2.74. The van der Waals surface area contributed by atoms with Crippen LogP contribution in [0, 0.1) is 0 Å². The molecule has 0 radical (unpaired) electrons. The molecular formula is C24H25Cl2N5O2. The van der Waals surface area contributed by atoms with Crippen LogP contribution in [0.2, 0.25) is 10.0 Å². The summed E-state index contributed by atoms with van der Waals surface area (Å²) < 4.78 is 3.36. The molecule has 0 bridgehead atoms. The molecule has 1 N–H and O–H groups in total. The van der Waals surface area contributed by atoms with E-state index in [0.717, 1.165) is 24.5 Å². The van der Waals surface area contributed by atoms with Crippen LogP contribution in [0.4, 0.5) is 5.69 Å². The zero-order valence-corrected chi connectivity index (χ0v) is 19.8. The van der Waals surface area contributed by atoms with Gasteiger partial charge in [0.2, 0.25) is 5.91 Å². The maximum atomic E-state index is 12.9. The Morgan fingerprint density at radius 3 is 2.27 bits per heavy atom. The minimum absolute atomic E-state index is 0.0883. The first kappa shape index (κ1) is 22.1. The van der Waals surface area contributed by atoms with Crippen molar-refractivity contribution in [2.45, 2.75) is 24.9 Å². The summed E-state index contributed by atoms with van der Waals surface area (Å²) in [6.45, 7) is 2.52. The smallest absolute Gasteiger partial charge is 0.290 e. The number of piperidine rings is 1. The van der Waals surface area contributed by atoms with Crippen LogP contribution in [0.5, 0.6) is 0 Å². The average Bonchev–Trinajstić information content (AvgIpc) is 3.25. The second kappa shape index (κ2) is 8.56. The topological polar surface area (TPSA) is 62.5 Å². The number of halogens is 2. The highest BCUT2D eigenvalue weighted by Crippen LogP contribution is 2.36. The molecule has 1 aromatic heterocycles. The fourth-order valence-electron chi connectivity index (χ4n) is 4.99. The molecule has 0 atom stereocenters. The molecule has 0 saturated carbocycles. The molecule has 2 fully saturated rings. The van der Waals surface area contributed by atoms with E-state index in [1.807, 2.05) is 37.4 Å². The number of benzene rings is 2. The molecule has 5 rings (SSSR count). The molecule has 2 aliphatic heterocycles. The van der Waals surface area contributed by atoms with Crippen molar-refractivity contribution >= 4 is 34.8 Å². The Balaban J connectivity index is 1.36. The summed E-state index contributed by atoms with van der Waals surface area (Å²) in [5, 5.41) is 3.86. The Morgan fingerprint density at radius 1 is 0.939 bits per heavy atom. The number of nitrogens with zero attached hydrogens (tertiary/aromatic N) is 4. The van der Waals surface area contributed by atoms with E-state index in [4.69, 9.17) is 23.2 Å². The molecule has 0 unspecified atom stereocenters. The van der Waals surface area contributed by atoms with Crippen molar-refractivity contribution < 1.29 is 4.79 Å². The molecule has 0 aliphatic carbocycles. The number of carbonyl (C=O) groups excluding carboxylic acids is 1. The molecule has 2 aromatic carbocycles. The second-order valence-corrected chi connectivity index (χ2v) is 9.43. The maximum absolute atomic E-state index is 12.9. The Labute approximate surface area is 202 Å². The summed E-state index contributed by atoms with van der Waals surface area (Å²) in [7, 11) is 1.84. The molecule has 9 heteroatoms. The van der Waals surface area contributed by atoms with E-state index in [0.29, 0.717) is 36.8 Å². The van der Waals surface area contributed by atoms with E-state index in [2.05, 4.69) is 15.1 Å². The van der Waals surface area contributed by atoms with Gasteiger partial charge in [0.05, 0.1) is 18.1 Å². The van der Waals surface area contributed by atoms with Gasteiger partial charge in [-0.05, 0) is 49.2 Å². The zero-order chi connectivity index (χ0) is 23.2. The molecule has 1 amide bonds. The van der Waals surface area contributed by atoms with Crippen LogP contribution in [0.15, 0.2) is 59.4 Å². The predicted octanol–water partition coefficient (Wildman–Crippen LogP) is 3.41. The van der Waals surface area contributed by atoms with Crippen molar-refractivity contribution in [3.05, 3.63) is 80.7 Å². The normalized spacial score (nSPS) is 18.2. The summed E-state index contributed by atoms with van der Waals surface area (Å²) >= 11 is 12.5. The minimum Gasteiger partial charge on any atom is -0.339 e. The summed E-state index contributed by atoms with van der Waals surface area (Å²) in [5.74, 6) is 0.0883. The number of hydrogen-bond donors (Lipinski definition) is 1. The fraction of sp³-hybridized carbons (Fsp3) is 0.333. The summed E-state index contributed by atoms with van der Waals surface area (Å²) in [6, 6.07) is 17.2. The molecule has 33 heavy (non-hydrogen) atoms. The van der Waals surface area contributed by atoms with Gasteiger partial charge in [0.25, 0.3) is 5.56 Å². The number of anilines is 1. The number of likely N-dealkylation sites (tertiary alicyclic amines) is 1. The van der Waals surface area contributed by atoms with Gasteiger partial charge in [-0.1, -0.05) is 41.4 Å². The highest BCUT2D eigenvalue weighted by Gasteiger charge is 2.50. The highest BCUT2D eigenvalue weighted by atomic mass is 35.5. The number of rotatable bonds is 4. The lowest BCUT2D eigenvalue weighted by Crippen LogP contribution is -2.56. The first-order valence-corrected chi connectivity index (χ1v) is 11.7. The summed E-state index contributed by atoms with van der Waals surface area (Å²) in [5.41, 5.74) is 1.72. The standard InChI is InChI=1S/C24H25Cl2N5O2/c1-28-20(21(26)22(32)31(28)19-9-7-17(25)8-10-19)15-29-13-11-24(12-14-29)23(33)27-16-30(24)18-5-3-2-4-6-18/h2-10H,11-16H2,1H3,(H,27,33). The number of para-hydroxylation sites is 1. The molecule has 2 saturated heterocycles. The monoisotopic (exact) mass is 485 g/mol. The van der Waals surface area contributed by atoms with Gasteiger partial charge in [-0.15, -0.1) is 0 Å². The van der Waals surface area contributed by atoms with Crippen LogP contribution in [0.25, 0.3) is 5.69 Å². The van der Waals surface area contributed by atoms with Crippen molar-refractivity contribution in [2.24, 2.45) is 7.05 Å². The first-order chi connectivity index (χ1) is 15.9. The molecule has 172 valence electrons. The van der Waals surface area contributed by atoms with Gasteiger partial charge in [-0.2, -0.15) is 0 Å². The van der Waals surface area contributed by atoms with Crippen molar-refractivity contribution in [1.29, 1.82) is 0 Å². The van der Waals surface area contributed by atoms with Crippen molar-refractivity contribution in [3.63, 3.8) is 0 Å². The largest absolute Gasteiger partial charge is 0.339 e. The SMILES string of the molecule is Cn1c(CN2CCC3(CC2)C(=O)NCN3c2ccccc2)c(Cl)c(=O)n1-c1ccc(Cl)cc1. The van der Waals surface area contributed by atoms with Crippen LogP contribution in [0.3, 0.4) is 0 Å². The third-order valence-electron chi connectivity index (χ3n) is 6.86. The number of nitrogens with one attached hydrogen (secondary N) is 1. The molecule has 1 spiro atoms. The maximum Gasteiger partial charge on any atom is 0.290 e. The van der Waals surface area contributed by atoms with E-state index in [9.17, 15) is 9.59 Å². The van der Waals surface area contributed by atoms with E-state index in [1.54, 1.807) is 33.6 Å². The molecule has 2 aliphatic rings. The van der Waals surface area contributed by atoms with Gasteiger partial charge < -0.3 is 10.2 Å². The van der Waals surface area contributed by atoms with Crippen LogP contribution in [0.1, 0.15) is 18.5 Å². The molecule has 3 heterocycles. The second-order valence-electron chi connectivity index (χ2n) is 8.61. The Morgan fingerprint density at radius 2 is 1.61 bits per heavy atom. The van der Waals surface area contributed by atoms with Crippen molar-refractivity contribution in [3.8, 4) is 5.69 Å². The lowest BCUT2D eigenvalue weighted by Gasteiger charge is -2.43. The van der Waals surface area contributed by atoms with Gasteiger partial charge in [0.15, 0.2) is 0 Å².